The van der Waals surface area contributed by atoms with Gasteiger partial charge in [0.1, 0.15) is 5.82 Å². The number of amides is 2. The molecule has 0 radical (unpaired) electrons. The van der Waals surface area contributed by atoms with Crippen molar-refractivity contribution >= 4 is 23.4 Å². The van der Waals surface area contributed by atoms with E-state index in [1.807, 2.05) is 17.5 Å². The van der Waals surface area contributed by atoms with Crippen LogP contribution in [-0.2, 0) is 6.42 Å². The van der Waals surface area contributed by atoms with Gasteiger partial charge in [0.15, 0.2) is 0 Å². The van der Waals surface area contributed by atoms with Crippen molar-refractivity contribution in [1.82, 2.24) is 5.06 Å². The Balaban J connectivity index is 1.99. The quantitative estimate of drug-likeness (QED) is 0.652. The highest BCUT2D eigenvalue weighted by atomic mass is 32.1. The molecule has 0 unspecified atom stereocenters. The van der Waals surface area contributed by atoms with E-state index in [1.165, 1.54) is 12.1 Å². The lowest BCUT2D eigenvalue weighted by Crippen LogP contribution is -2.38. The number of hydrogen-bond donors (Lipinski definition) is 2. The fourth-order valence-corrected chi connectivity index (χ4v) is 2.74. The number of rotatable bonds is 5. The molecule has 0 aliphatic heterocycles. The van der Waals surface area contributed by atoms with Crippen LogP contribution in [0.15, 0.2) is 41.8 Å². The van der Waals surface area contributed by atoms with E-state index in [2.05, 4.69) is 0 Å². The third-order valence-corrected chi connectivity index (χ3v) is 4.09. The summed E-state index contributed by atoms with van der Waals surface area (Å²) in [5.74, 6) is -0.241. The van der Waals surface area contributed by atoms with Crippen molar-refractivity contribution < 1.29 is 14.4 Å². The van der Waals surface area contributed by atoms with Crippen LogP contribution in [0.1, 0.15) is 22.9 Å². The van der Waals surface area contributed by atoms with E-state index in [1.54, 1.807) is 36.5 Å². The van der Waals surface area contributed by atoms with E-state index >= 15 is 0 Å². The van der Waals surface area contributed by atoms with Crippen molar-refractivity contribution in [2.75, 3.05) is 0 Å². The molecule has 22 heavy (non-hydrogen) atoms. The summed E-state index contributed by atoms with van der Waals surface area (Å²) in [6, 6.07) is 7.06. The Hall–Kier alpha value is -2.18. The normalized spacial score (nSPS) is 12.5. The molecular weight excluding hydrogens is 303 g/mol. The Morgan fingerprint density at radius 2 is 2.09 bits per heavy atom. The van der Waals surface area contributed by atoms with Gasteiger partial charge in [0.25, 0.3) is 0 Å². The SMILES string of the molecule is C[C@H](C=Cc1cc(Cc2ccc(F)cc2)cs1)N(O)C(N)=O. The summed E-state index contributed by atoms with van der Waals surface area (Å²) in [4.78, 5) is 11.8. The maximum Gasteiger partial charge on any atom is 0.339 e. The number of primary amides is 1. The van der Waals surface area contributed by atoms with Gasteiger partial charge in [-0.05, 0) is 54.1 Å². The Labute approximate surface area is 132 Å². The highest BCUT2D eigenvalue weighted by molar-refractivity contribution is 7.11. The molecule has 2 aromatic rings. The number of nitrogens with two attached hydrogens (primary N) is 1. The minimum Gasteiger partial charge on any atom is -0.350 e. The van der Waals surface area contributed by atoms with Gasteiger partial charge in [0.2, 0.25) is 0 Å². The van der Waals surface area contributed by atoms with Gasteiger partial charge in [-0.25, -0.2) is 9.18 Å². The maximum atomic E-state index is 12.9. The summed E-state index contributed by atoms with van der Waals surface area (Å²) in [5.41, 5.74) is 7.15. The van der Waals surface area contributed by atoms with E-state index in [0.717, 1.165) is 22.4 Å². The molecule has 0 saturated heterocycles. The van der Waals surface area contributed by atoms with Gasteiger partial charge in [-0.15, -0.1) is 11.3 Å². The van der Waals surface area contributed by atoms with Gasteiger partial charge in [0.05, 0.1) is 6.04 Å². The molecule has 0 aliphatic rings. The fourth-order valence-electron chi connectivity index (χ4n) is 1.93. The van der Waals surface area contributed by atoms with Crippen LogP contribution < -0.4 is 5.73 Å². The number of thiophene rings is 1. The van der Waals surface area contributed by atoms with Gasteiger partial charge in [-0.2, -0.15) is 5.06 Å². The van der Waals surface area contributed by atoms with Crippen LogP contribution in [0.5, 0.6) is 0 Å². The second-order valence-electron chi connectivity index (χ2n) is 4.94. The first-order valence-corrected chi connectivity index (χ1v) is 7.61. The summed E-state index contributed by atoms with van der Waals surface area (Å²) in [6.45, 7) is 1.66. The molecule has 1 heterocycles. The first-order chi connectivity index (χ1) is 10.5. The summed E-state index contributed by atoms with van der Waals surface area (Å²) < 4.78 is 12.9. The van der Waals surface area contributed by atoms with E-state index in [-0.39, 0.29) is 5.82 Å². The van der Waals surface area contributed by atoms with Gasteiger partial charge < -0.3 is 5.73 Å². The van der Waals surface area contributed by atoms with Crippen molar-refractivity contribution in [2.24, 2.45) is 5.73 Å². The second-order valence-corrected chi connectivity index (χ2v) is 5.89. The number of halogens is 1. The largest absolute Gasteiger partial charge is 0.350 e. The Morgan fingerprint density at radius 1 is 1.41 bits per heavy atom. The van der Waals surface area contributed by atoms with Crippen LogP contribution >= 0.6 is 11.3 Å². The minimum atomic E-state index is -0.889. The number of nitrogens with zero attached hydrogens (tertiary/aromatic N) is 1. The average molecular weight is 320 g/mol. The van der Waals surface area contributed by atoms with Crippen LogP contribution in [0, 0.1) is 5.82 Å². The third-order valence-electron chi connectivity index (χ3n) is 3.15. The van der Waals surface area contributed by atoms with Crippen LogP contribution in [0.2, 0.25) is 0 Å². The van der Waals surface area contributed by atoms with Gasteiger partial charge >= 0.3 is 6.03 Å². The highest BCUT2D eigenvalue weighted by Crippen LogP contribution is 2.20. The van der Waals surface area contributed by atoms with Crippen molar-refractivity contribution in [3.8, 4) is 0 Å². The van der Waals surface area contributed by atoms with Crippen molar-refractivity contribution in [2.45, 2.75) is 19.4 Å². The smallest absolute Gasteiger partial charge is 0.339 e. The predicted octanol–water partition coefficient (Wildman–Crippen LogP) is 3.65. The zero-order chi connectivity index (χ0) is 16.1. The van der Waals surface area contributed by atoms with Crippen molar-refractivity contribution in [1.29, 1.82) is 0 Å². The lowest BCUT2D eigenvalue weighted by atomic mass is 10.1. The molecule has 0 bridgehead atoms. The molecule has 0 saturated carbocycles. The molecule has 0 fully saturated rings. The number of carbonyl (C=O) groups is 1. The molecule has 4 nitrogen and oxygen atoms in total. The van der Waals surface area contributed by atoms with E-state index < -0.39 is 12.1 Å². The van der Waals surface area contributed by atoms with Crippen molar-refractivity contribution in [3.63, 3.8) is 0 Å². The number of carbonyl (C=O) groups excluding carboxylic acids is 1. The topological polar surface area (TPSA) is 66.6 Å². The molecule has 0 spiro atoms. The molecule has 2 amide bonds. The zero-order valence-electron chi connectivity index (χ0n) is 12.1. The van der Waals surface area contributed by atoms with Gasteiger partial charge in [0, 0.05) is 4.88 Å². The summed E-state index contributed by atoms with van der Waals surface area (Å²) >= 11 is 1.56. The molecule has 1 atom stereocenters. The lowest BCUT2D eigenvalue weighted by molar-refractivity contribution is -0.0560. The Kier molecular flexibility index (Phi) is 5.30. The average Bonchev–Trinajstić information content (AvgIpc) is 2.94. The predicted molar refractivity (Wildman–Crippen MR) is 85.2 cm³/mol. The van der Waals surface area contributed by atoms with E-state index in [4.69, 9.17) is 5.73 Å². The molecule has 3 N–H and O–H groups in total. The second kappa shape index (κ2) is 7.20. The monoisotopic (exact) mass is 320 g/mol. The summed E-state index contributed by atoms with van der Waals surface area (Å²) in [5, 5.41) is 11.9. The van der Waals surface area contributed by atoms with E-state index in [0.29, 0.717) is 5.06 Å². The van der Waals surface area contributed by atoms with E-state index in [9.17, 15) is 14.4 Å². The third kappa shape index (κ3) is 4.41. The summed E-state index contributed by atoms with van der Waals surface area (Å²) in [6.07, 6.45) is 4.25. The standard InChI is InChI=1S/C16H17FN2O2S/c1-11(19(21)16(18)20)2-7-15-9-13(10-22-15)8-12-3-5-14(17)6-4-12/h2-7,9-11,21H,8H2,1H3,(H2,18,20)/t11-/m1/s1. The molecule has 6 heteroatoms. The Morgan fingerprint density at radius 3 is 2.73 bits per heavy atom. The van der Waals surface area contributed by atoms with Crippen molar-refractivity contribution in [3.05, 3.63) is 63.6 Å². The zero-order valence-corrected chi connectivity index (χ0v) is 12.9. The first-order valence-electron chi connectivity index (χ1n) is 6.73. The minimum absolute atomic E-state index is 0.241. The maximum absolute atomic E-state index is 12.9. The molecule has 2 rings (SSSR count). The number of hydroxylamine groups is 2. The Bertz CT molecular complexity index is 667. The molecule has 0 aliphatic carbocycles. The molecule has 1 aromatic heterocycles. The fraction of sp³-hybridized carbons (Fsp3) is 0.188. The first kappa shape index (κ1) is 16.2. The van der Waals surface area contributed by atoms with Gasteiger partial charge in [-0.3, -0.25) is 5.21 Å². The van der Waals surface area contributed by atoms with Crippen LogP contribution in [-0.4, -0.2) is 22.3 Å². The number of urea groups is 1. The summed E-state index contributed by atoms with van der Waals surface area (Å²) in [7, 11) is 0. The van der Waals surface area contributed by atoms with Crippen LogP contribution in [0.4, 0.5) is 9.18 Å². The number of benzene rings is 1. The molecular formula is C16H17FN2O2S. The molecule has 1 aromatic carbocycles. The lowest BCUT2D eigenvalue weighted by Gasteiger charge is -2.16. The highest BCUT2D eigenvalue weighted by Gasteiger charge is 2.11. The van der Waals surface area contributed by atoms with Crippen LogP contribution in [0.25, 0.3) is 6.08 Å². The molecule has 116 valence electrons. The van der Waals surface area contributed by atoms with Crippen LogP contribution in [0.3, 0.4) is 0 Å². The number of hydrogen-bond acceptors (Lipinski definition) is 3. The van der Waals surface area contributed by atoms with Gasteiger partial charge in [-0.1, -0.05) is 18.2 Å².